The number of nitrogens with zero attached hydrogens (tertiary/aromatic N) is 2. The van der Waals surface area contributed by atoms with Gasteiger partial charge in [-0.05, 0) is 78.1 Å². The molecular weight excluding hydrogens is 600 g/mol. The molecule has 8 nitrogen and oxygen atoms in total. The molecular formula is C37H44N2O6S. The van der Waals surface area contributed by atoms with Crippen molar-refractivity contribution < 1.29 is 28.0 Å². The number of aryl methyl sites for hydroxylation is 1. The highest BCUT2D eigenvalue weighted by Gasteiger charge is 2.14. The van der Waals surface area contributed by atoms with Crippen molar-refractivity contribution in [1.29, 1.82) is 0 Å². The quantitative estimate of drug-likeness (QED) is 0.0782. The first-order chi connectivity index (χ1) is 22.4. The van der Waals surface area contributed by atoms with E-state index in [9.17, 15) is 9.00 Å². The molecule has 0 aliphatic carbocycles. The topological polar surface area (TPSA) is 88.9 Å². The first kappa shape index (κ1) is 34.7. The van der Waals surface area contributed by atoms with Gasteiger partial charge in [-0.15, -0.1) is 0 Å². The van der Waals surface area contributed by atoms with Crippen LogP contribution in [-0.2, 0) is 39.0 Å². The number of imidazole rings is 1. The van der Waals surface area contributed by atoms with Crippen LogP contribution in [0, 0.1) is 0 Å². The number of ether oxygens (including phenoxy) is 4. The Labute approximate surface area is 274 Å². The summed E-state index contributed by atoms with van der Waals surface area (Å²) in [4.78, 5) is 17.9. The molecule has 3 aromatic carbocycles. The largest absolute Gasteiger partial charge is 0.493 e. The summed E-state index contributed by atoms with van der Waals surface area (Å²) in [5.41, 5.74) is 4.41. The van der Waals surface area contributed by atoms with E-state index < -0.39 is 10.8 Å². The Kier molecular flexibility index (Phi) is 13.6. The van der Waals surface area contributed by atoms with E-state index in [1.807, 2.05) is 65.2 Å². The molecule has 9 heteroatoms. The van der Waals surface area contributed by atoms with Crippen LogP contribution in [0.1, 0.15) is 49.9 Å². The third-order valence-corrected chi connectivity index (χ3v) is 8.75. The van der Waals surface area contributed by atoms with Crippen molar-refractivity contribution >= 4 is 22.7 Å². The Morgan fingerprint density at radius 3 is 2.39 bits per heavy atom. The van der Waals surface area contributed by atoms with Gasteiger partial charge in [0.1, 0.15) is 12.4 Å². The molecule has 0 fully saturated rings. The maximum absolute atomic E-state index is 13.0. The van der Waals surface area contributed by atoms with Crippen molar-refractivity contribution in [2.75, 3.05) is 34.0 Å². The van der Waals surface area contributed by atoms with Crippen LogP contribution in [0.25, 0.3) is 17.2 Å². The maximum Gasteiger partial charge on any atom is 0.167 e. The molecule has 0 amide bonds. The SMILES string of the molecule is CCCCOCCOc1ccc(-c2cc(/C=C/C(=O)Cc3ccc(S(=O)Cc4cncn4CCC)cc3)c(OC)c(OC)c2)cc1. The van der Waals surface area contributed by atoms with Crippen LogP contribution in [0.5, 0.6) is 17.2 Å². The molecule has 0 saturated heterocycles. The zero-order valence-corrected chi connectivity index (χ0v) is 28.0. The van der Waals surface area contributed by atoms with Crippen LogP contribution >= 0.6 is 0 Å². The van der Waals surface area contributed by atoms with Crippen LogP contribution in [0.3, 0.4) is 0 Å². The van der Waals surface area contributed by atoms with Crippen molar-refractivity contribution in [3.8, 4) is 28.4 Å². The summed E-state index contributed by atoms with van der Waals surface area (Å²) in [6.45, 7) is 6.90. The predicted octanol–water partition coefficient (Wildman–Crippen LogP) is 7.31. The second-order valence-corrected chi connectivity index (χ2v) is 12.3. The molecule has 0 aliphatic heterocycles. The van der Waals surface area contributed by atoms with E-state index in [2.05, 4.69) is 18.8 Å². The minimum atomic E-state index is -1.20. The lowest BCUT2D eigenvalue weighted by molar-refractivity contribution is -0.113. The second-order valence-electron chi connectivity index (χ2n) is 10.8. The van der Waals surface area contributed by atoms with E-state index in [0.29, 0.717) is 30.5 Å². The number of rotatable bonds is 19. The Hall–Kier alpha value is -4.21. The van der Waals surface area contributed by atoms with Crippen LogP contribution < -0.4 is 14.2 Å². The fraction of sp³-hybridized carbons (Fsp3) is 0.351. The highest BCUT2D eigenvalue weighted by atomic mass is 32.2. The third-order valence-electron chi connectivity index (χ3n) is 7.39. The number of allylic oxidation sites excluding steroid dienone is 1. The molecule has 1 unspecified atom stereocenters. The van der Waals surface area contributed by atoms with Crippen LogP contribution in [0.15, 0.2) is 84.2 Å². The van der Waals surface area contributed by atoms with E-state index in [1.54, 1.807) is 38.9 Å². The molecule has 0 radical (unpaired) electrons. The highest BCUT2D eigenvalue weighted by molar-refractivity contribution is 7.84. The Morgan fingerprint density at radius 2 is 1.70 bits per heavy atom. The monoisotopic (exact) mass is 644 g/mol. The van der Waals surface area contributed by atoms with Gasteiger partial charge < -0.3 is 23.5 Å². The highest BCUT2D eigenvalue weighted by Crippen LogP contribution is 2.37. The Morgan fingerprint density at radius 1 is 0.913 bits per heavy atom. The van der Waals surface area contributed by atoms with Gasteiger partial charge in [0, 0.05) is 36.2 Å². The number of ketones is 1. The zero-order chi connectivity index (χ0) is 32.7. The number of carbonyl (C=O) groups is 1. The predicted molar refractivity (Wildman–Crippen MR) is 183 cm³/mol. The maximum atomic E-state index is 13.0. The molecule has 0 spiro atoms. The van der Waals surface area contributed by atoms with E-state index in [1.165, 1.54) is 0 Å². The lowest BCUT2D eigenvalue weighted by Gasteiger charge is -2.14. The van der Waals surface area contributed by atoms with E-state index in [4.69, 9.17) is 18.9 Å². The van der Waals surface area contributed by atoms with Crippen molar-refractivity contribution in [3.63, 3.8) is 0 Å². The van der Waals surface area contributed by atoms with Gasteiger partial charge in [-0.3, -0.25) is 9.00 Å². The van der Waals surface area contributed by atoms with Gasteiger partial charge in [0.15, 0.2) is 17.3 Å². The molecule has 0 bridgehead atoms. The fourth-order valence-electron chi connectivity index (χ4n) is 4.92. The zero-order valence-electron chi connectivity index (χ0n) is 27.2. The average molecular weight is 645 g/mol. The van der Waals surface area contributed by atoms with Gasteiger partial charge in [-0.2, -0.15) is 0 Å². The van der Waals surface area contributed by atoms with E-state index in [0.717, 1.165) is 71.0 Å². The van der Waals surface area contributed by atoms with Gasteiger partial charge in [-0.1, -0.05) is 44.5 Å². The summed E-state index contributed by atoms with van der Waals surface area (Å²) in [6.07, 6.45) is 10.2. The van der Waals surface area contributed by atoms with Gasteiger partial charge in [0.25, 0.3) is 0 Å². The first-order valence-corrected chi connectivity index (χ1v) is 17.0. The van der Waals surface area contributed by atoms with Crippen LogP contribution in [0.2, 0.25) is 0 Å². The summed E-state index contributed by atoms with van der Waals surface area (Å²) < 4.78 is 37.7. The molecule has 0 saturated carbocycles. The number of hydrogen-bond acceptors (Lipinski definition) is 7. The van der Waals surface area contributed by atoms with Gasteiger partial charge in [0.2, 0.25) is 0 Å². The Bertz CT molecular complexity index is 1600. The van der Waals surface area contributed by atoms with Crippen LogP contribution in [0.4, 0.5) is 0 Å². The van der Waals surface area contributed by atoms with Gasteiger partial charge in [-0.25, -0.2) is 4.98 Å². The van der Waals surface area contributed by atoms with E-state index >= 15 is 0 Å². The molecule has 244 valence electrons. The number of aromatic nitrogens is 2. The molecule has 0 N–H and O–H groups in total. The second kappa shape index (κ2) is 18.1. The number of hydrogen-bond donors (Lipinski definition) is 0. The summed E-state index contributed by atoms with van der Waals surface area (Å²) in [5, 5.41) is 0. The third kappa shape index (κ3) is 9.89. The number of methoxy groups -OCH3 is 2. The molecule has 1 atom stereocenters. The summed E-state index contributed by atoms with van der Waals surface area (Å²) in [7, 11) is 1.97. The molecule has 1 aromatic heterocycles. The number of carbonyl (C=O) groups excluding carboxylic acids is 1. The van der Waals surface area contributed by atoms with E-state index in [-0.39, 0.29) is 12.2 Å². The fourth-order valence-corrected chi connectivity index (χ4v) is 6.04. The molecule has 1 heterocycles. The average Bonchev–Trinajstić information content (AvgIpc) is 3.51. The molecule has 4 rings (SSSR count). The number of unbranched alkanes of at least 4 members (excludes halogenated alkanes) is 1. The smallest absolute Gasteiger partial charge is 0.167 e. The lowest BCUT2D eigenvalue weighted by atomic mass is 10.0. The van der Waals surface area contributed by atoms with Crippen molar-refractivity contribution in [3.05, 3.63) is 96.1 Å². The Balaban J connectivity index is 1.40. The van der Waals surface area contributed by atoms with Crippen LogP contribution in [-0.4, -0.2) is 53.6 Å². The number of benzene rings is 3. The molecule has 4 aromatic rings. The first-order valence-electron chi connectivity index (χ1n) is 15.7. The standard InChI is InChI=1S/C37H44N2O6S/c1-5-7-19-44-20-21-45-34-14-11-29(12-15-34)31-23-30(37(43-4)36(24-31)42-3)10-13-33(40)22-28-8-16-35(17-9-28)46(41)26-32-25-38-27-39(32)18-6-2/h8-17,23-25,27H,5-7,18-22,26H2,1-4H3/b13-10+. The van der Waals surface area contributed by atoms with Crippen molar-refractivity contribution in [2.45, 2.75) is 56.7 Å². The normalized spacial score (nSPS) is 11.9. The summed E-state index contributed by atoms with van der Waals surface area (Å²) >= 11 is 0. The molecule has 46 heavy (non-hydrogen) atoms. The van der Waals surface area contributed by atoms with Crippen molar-refractivity contribution in [2.24, 2.45) is 0 Å². The summed E-state index contributed by atoms with van der Waals surface area (Å²) in [6, 6.07) is 19.1. The minimum Gasteiger partial charge on any atom is -0.493 e. The molecule has 0 aliphatic rings. The van der Waals surface area contributed by atoms with Gasteiger partial charge in [0.05, 0.1) is 49.4 Å². The summed E-state index contributed by atoms with van der Waals surface area (Å²) in [5.74, 6) is 2.22. The minimum absolute atomic E-state index is 0.0658. The van der Waals surface area contributed by atoms with Crippen molar-refractivity contribution in [1.82, 2.24) is 9.55 Å². The van der Waals surface area contributed by atoms with Gasteiger partial charge >= 0.3 is 0 Å². The lowest BCUT2D eigenvalue weighted by Crippen LogP contribution is -2.07.